The summed E-state index contributed by atoms with van der Waals surface area (Å²) < 4.78 is 32.9. The summed E-state index contributed by atoms with van der Waals surface area (Å²) in [5, 5.41) is 3.13. The van der Waals surface area contributed by atoms with Crippen molar-refractivity contribution < 1.29 is 17.9 Å². The molecule has 0 saturated carbocycles. The second-order valence-electron chi connectivity index (χ2n) is 5.74. The van der Waals surface area contributed by atoms with Crippen LogP contribution in [0.15, 0.2) is 45.8 Å². The minimum atomic E-state index is -3.74. The molecule has 0 spiro atoms. The third kappa shape index (κ3) is 4.64. The molecule has 0 radical (unpaired) electrons. The van der Waals surface area contributed by atoms with Crippen LogP contribution in [0.2, 0.25) is 10.0 Å². The van der Waals surface area contributed by atoms with Gasteiger partial charge < -0.3 is 10.1 Å². The standard InChI is InChI=1S/C17H15BrCl2N2O4S/c18-11-1-4-16(15(20)9-11)21-17(23)13-10-12(2-3-14(13)19)27(24,25)22-5-7-26-8-6-22/h1-4,9-10H,5-8H2,(H,21,23). The Morgan fingerprint density at radius 1 is 1.07 bits per heavy atom. The Bertz CT molecular complexity index is 979. The average Bonchev–Trinajstić information content (AvgIpc) is 2.65. The Kier molecular flexibility index (Phi) is 6.45. The average molecular weight is 494 g/mol. The molecule has 6 nitrogen and oxygen atoms in total. The largest absolute Gasteiger partial charge is 0.379 e. The van der Waals surface area contributed by atoms with Gasteiger partial charge in [0.05, 0.1) is 39.4 Å². The van der Waals surface area contributed by atoms with Crippen molar-refractivity contribution in [1.29, 1.82) is 0 Å². The van der Waals surface area contributed by atoms with Crippen LogP contribution in [0.3, 0.4) is 0 Å². The maximum Gasteiger partial charge on any atom is 0.257 e. The van der Waals surface area contributed by atoms with Crippen molar-refractivity contribution in [3.63, 3.8) is 0 Å². The van der Waals surface area contributed by atoms with Gasteiger partial charge >= 0.3 is 0 Å². The molecular formula is C17H15BrCl2N2O4S. The van der Waals surface area contributed by atoms with E-state index in [1.54, 1.807) is 18.2 Å². The molecule has 1 aliphatic rings. The highest BCUT2D eigenvalue weighted by Gasteiger charge is 2.27. The van der Waals surface area contributed by atoms with Gasteiger partial charge in [-0.15, -0.1) is 0 Å². The number of benzene rings is 2. The number of ether oxygens (including phenoxy) is 1. The Morgan fingerprint density at radius 3 is 2.44 bits per heavy atom. The van der Waals surface area contributed by atoms with Crippen LogP contribution in [0.1, 0.15) is 10.4 Å². The van der Waals surface area contributed by atoms with E-state index in [1.807, 2.05) is 0 Å². The normalized spacial score (nSPS) is 15.5. The molecule has 0 atom stereocenters. The fourth-order valence-electron chi connectivity index (χ4n) is 2.56. The highest BCUT2D eigenvalue weighted by molar-refractivity contribution is 9.10. The fourth-order valence-corrected chi connectivity index (χ4v) is 4.91. The number of morpholine rings is 1. The van der Waals surface area contributed by atoms with Crippen LogP contribution in [0, 0.1) is 0 Å². The van der Waals surface area contributed by atoms with Crippen LogP contribution >= 0.6 is 39.1 Å². The summed E-state index contributed by atoms with van der Waals surface area (Å²) in [5.74, 6) is -0.553. The van der Waals surface area contributed by atoms with E-state index in [1.165, 1.54) is 22.5 Å². The summed E-state index contributed by atoms with van der Waals surface area (Å²) in [7, 11) is -3.74. The number of nitrogens with one attached hydrogen (secondary N) is 1. The molecule has 0 aliphatic carbocycles. The Labute approximate surface area is 175 Å². The number of halogens is 3. The number of carbonyl (C=O) groups excluding carboxylic acids is 1. The second kappa shape index (κ2) is 8.46. The van der Waals surface area contributed by atoms with Crippen molar-refractivity contribution >= 4 is 60.7 Å². The lowest BCUT2D eigenvalue weighted by molar-refractivity contribution is 0.0730. The number of anilines is 1. The summed E-state index contributed by atoms with van der Waals surface area (Å²) in [6.45, 7) is 1.20. The van der Waals surface area contributed by atoms with Crippen LogP contribution in [0.5, 0.6) is 0 Å². The van der Waals surface area contributed by atoms with Gasteiger partial charge in [0.25, 0.3) is 5.91 Å². The molecule has 2 aromatic rings. The summed E-state index contributed by atoms with van der Waals surface area (Å²) in [6, 6.07) is 9.05. The van der Waals surface area contributed by atoms with Crippen molar-refractivity contribution in [3.8, 4) is 0 Å². The number of hydrogen-bond donors (Lipinski definition) is 1. The minimum Gasteiger partial charge on any atom is -0.379 e. The highest BCUT2D eigenvalue weighted by Crippen LogP contribution is 2.28. The van der Waals surface area contributed by atoms with Crippen LogP contribution in [0.25, 0.3) is 0 Å². The third-order valence-electron chi connectivity index (χ3n) is 3.97. The molecule has 1 amide bonds. The molecule has 0 aromatic heterocycles. The number of sulfonamides is 1. The Balaban J connectivity index is 1.89. The fraction of sp³-hybridized carbons (Fsp3) is 0.235. The van der Waals surface area contributed by atoms with E-state index in [0.717, 1.165) is 4.47 Å². The third-order valence-corrected chi connectivity index (χ3v) is 7.00. The second-order valence-corrected chi connectivity index (χ2v) is 9.40. The van der Waals surface area contributed by atoms with Crippen molar-refractivity contribution in [1.82, 2.24) is 4.31 Å². The summed E-state index contributed by atoms with van der Waals surface area (Å²) >= 11 is 15.5. The van der Waals surface area contributed by atoms with Gasteiger partial charge in [0.1, 0.15) is 0 Å². The van der Waals surface area contributed by atoms with Crippen molar-refractivity contribution in [2.45, 2.75) is 4.90 Å². The first-order valence-corrected chi connectivity index (χ1v) is 10.9. The zero-order valence-electron chi connectivity index (χ0n) is 13.9. The minimum absolute atomic E-state index is 0.000790. The van der Waals surface area contributed by atoms with Gasteiger partial charge in [-0.1, -0.05) is 39.1 Å². The highest BCUT2D eigenvalue weighted by atomic mass is 79.9. The maximum atomic E-state index is 12.8. The molecule has 1 fully saturated rings. The first-order chi connectivity index (χ1) is 12.8. The number of amides is 1. The van der Waals surface area contributed by atoms with Crippen LogP contribution in [0.4, 0.5) is 5.69 Å². The van der Waals surface area contributed by atoms with Gasteiger partial charge in [-0.25, -0.2) is 8.42 Å². The first kappa shape index (κ1) is 20.6. The van der Waals surface area contributed by atoms with E-state index in [9.17, 15) is 13.2 Å². The van der Waals surface area contributed by atoms with Crippen LogP contribution < -0.4 is 5.32 Å². The van der Waals surface area contributed by atoms with Gasteiger partial charge in [-0.2, -0.15) is 4.31 Å². The van der Waals surface area contributed by atoms with Gasteiger partial charge in [-0.05, 0) is 36.4 Å². The van der Waals surface area contributed by atoms with Crippen molar-refractivity contribution in [2.75, 3.05) is 31.6 Å². The Morgan fingerprint density at radius 2 is 1.78 bits per heavy atom. The number of nitrogens with zero attached hydrogens (tertiary/aromatic N) is 1. The number of hydrogen-bond acceptors (Lipinski definition) is 4. The molecule has 144 valence electrons. The molecule has 1 saturated heterocycles. The predicted octanol–water partition coefficient (Wildman–Crippen LogP) is 4.03. The lowest BCUT2D eigenvalue weighted by Crippen LogP contribution is -2.40. The van der Waals surface area contributed by atoms with Crippen LogP contribution in [-0.4, -0.2) is 44.9 Å². The van der Waals surface area contributed by atoms with E-state index in [0.29, 0.717) is 23.9 Å². The van der Waals surface area contributed by atoms with E-state index in [4.69, 9.17) is 27.9 Å². The lowest BCUT2D eigenvalue weighted by Gasteiger charge is -2.26. The monoisotopic (exact) mass is 492 g/mol. The summed E-state index contributed by atoms with van der Waals surface area (Å²) in [6.07, 6.45) is 0. The van der Waals surface area contributed by atoms with Gasteiger partial charge in [-0.3, -0.25) is 4.79 Å². The quantitative estimate of drug-likeness (QED) is 0.697. The molecule has 2 aromatic carbocycles. The Hall–Kier alpha value is -1.16. The van der Waals surface area contributed by atoms with E-state index in [2.05, 4.69) is 21.2 Å². The molecule has 27 heavy (non-hydrogen) atoms. The van der Waals surface area contributed by atoms with Crippen LogP contribution in [-0.2, 0) is 14.8 Å². The van der Waals surface area contributed by atoms with E-state index in [-0.39, 0.29) is 28.6 Å². The van der Waals surface area contributed by atoms with Crippen molar-refractivity contribution in [3.05, 3.63) is 56.5 Å². The molecule has 0 unspecified atom stereocenters. The van der Waals surface area contributed by atoms with E-state index < -0.39 is 15.9 Å². The lowest BCUT2D eigenvalue weighted by atomic mass is 10.2. The summed E-state index contributed by atoms with van der Waals surface area (Å²) in [5.41, 5.74) is 0.437. The predicted molar refractivity (Wildman–Crippen MR) is 108 cm³/mol. The smallest absolute Gasteiger partial charge is 0.257 e. The molecule has 1 heterocycles. The zero-order valence-corrected chi connectivity index (χ0v) is 17.8. The molecule has 0 bridgehead atoms. The number of carbonyl (C=O) groups is 1. The van der Waals surface area contributed by atoms with E-state index >= 15 is 0 Å². The zero-order chi connectivity index (χ0) is 19.6. The molecule has 10 heteroatoms. The SMILES string of the molecule is O=C(Nc1ccc(Br)cc1Cl)c1cc(S(=O)(=O)N2CCOCC2)ccc1Cl. The first-order valence-electron chi connectivity index (χ1n) is 7.93. The topological polar surface area (TPSA) is 75.7 Å². The molecule has 3 rings (SSSR count). The summed E-state index contributed by atoms with van der Waals surface area (Å²) in [4.78, 5) is 12.6. The molecule has 1 aliphatic heterocycles. The van der Waals surface area contributed by atoms with Crippen molar-refractivity contribution in [2.24, 2.45) is 0 Å². The van der Waals surface area contributed by atoms with Gasteiger partial charge in [0, 0.05) is 17.6 Å². The van der Waals surface area contributed by atoms with Gasteiger partial charge in [0.15, 0.2) is 0 Å². The maximum absolute atomic E-state index is 12.8. The molecule has 1 N–H and O–H groups in total. The van der Waals surface area contributed by atoms with Gasteiger partial charge in [0.2, 0.25) is 10.0 Å². The molecular weight excluding hydrogens is 479 g/mol. The number of rotatable bonds is 4.